The molecule has 0 bridgehead atoms. The van der Waals surface area contributed by atoms with Gasteiger partial charge in [0, 0.05) is 6.08 Å². The number of benzene rings is 4. The molecule has 0 aromatic heterocycles. The van der Waals surface area contributed by atoms with Crippen molar-refractivity contribution in [2.75, 3.05) is 0 Å². The third kappa shape index (κ3) is 4.65. The number of hydrogen-bond donors (Lipinski definition) is 0. The van der Waals surface area contributed by atoms with Gasteiger partial charge in [0.1, 0.15) is 11.5 Å². The molecular weight excluding hydrogens is 346 g/mol. The molecule has 0 aliphatic rings. The Morgan fingerprint density at radius 2 is 1.32 bits per heavy atom. The lowest BCUT2D eigenvalue weighted by molar-refractivity contribution is 0.479. The maximum atomic E-state index is 6.05. The lowest BCUT2D eigenvalue weighted by Crippen LogP contribution is -2.05. The summed E-state index contributed by atoms with van der Waals surface area (Å²) in [4.78, 5) is 4.59. The summed E-state index contributed by atoms with van der Waals surface area (Å²) in [5, 5.41) is 2.28. The predicted molar refractivity (Wildman–Crippen MR) is 114 cm³/mol. The molecule has 0 amide bonds. The average molecular weight is 365 g/mol. The molecule has 0 atom stereocenters. The minimum absolute atomic E-state index is 0.442. The Morgan fingerprint density at radius 3 is 2.11 bits per heavy atom. The Bertz CT molecular complexity index is 1100. The number of para-hydroxylation sites is 2. The second kappa shape index (κ2) is 8.69. The van der Waals surface area contributed by atoms with Crippen LogP contribution >= 0.6 is 0 Å². The van der Waals surface area contributed by atoms with Crippen molar-refractivity contribution in [1.29, 1.82) is 0 Å². The Morgan fingerprint density at radius 1 is 0.643 bits per heavy atom. The molecule has 4 aromatic carbocycles. The third-order valence-corrected chi connectivity index (χ3v) is 4.10. The van der Waals surface area contributed by atoms with Crippen LogP contribution in [0.3, 0.4) is 0 Å². The van der Waals surface area contributed by atoms with Gasteiger partial charge < -0.3 is 9.47 Å². The van der Waals surface area contributed by atoms with Crippen molar-refractivity contribution in [3.05, 3.63) is 115 Å². The highest BCUT2D eigenvalue weighted by Gasteiger charge is 2.02. The topological polar surface area (TPSA) is 30.8 Å². The fraction of sp³-hybridized carbons (Fsp3) is 0. The van der Waals surface area contributed by atoms with Crippen molar-refractivity contribution in [3.63, 3.8) is 0 Å². The number of ether oxygens (including phenoxy) is 2. The standard InChI is InChI=1S/C25H19NO2/c1-3-11-22(12-4-1)26-25(17-18-27-23-13-5-2-6-14-23)28-24-16-15-20-9-7-8-10-21(20)19-24/h1-19H/b18-17+,26-25-. The van der Waals surface area contributed by atoms with Gasteiger partial charge in [-0.2, -0.15) is 0 Å². The van der Waals surface area contributed by atoms with Crippen LogP contribution in [-0.2, 0) is 0 Å². The molecular formula is C25H19NO2. The summed E-state index contributed by atoms with van der Waals surface area (Å²) in [6.45, 7) is 0. The maximum absolute atomic E-state index is 6.05. The Balaban J connectivity index is 1.59. The summed E-state index contributed by atoms with van der Waals surface area (Å²) in [6.07, 6.45) is 3.30. The van der Waals surface area contributed by atoms with Crippen LogP contribution in [0.2, 0.25) is 0 Å². The van der Waals surface area contributed by atoms with Gasteiger partial charge in [0.2, 0.25) is 5.90 Å². The summed E-state index contributed by atoms with van der Waals surface area (Å²) in [6, 6.07) is 33.4. The molecule has 0 fully saturated rings. The van der Waals surface area contributed by atoms with E-state index in [4.69, 9.17) is 9.47 Å². The normalized spacial score (nSPS) is 11.6. The fourth-order valence-corrected chi connectivity index (χ4v) is 2.75. The summed E-state index contributed by atoms with van der Waals surface area (Å²) in [7, 11) is 0. The first kappa shape index (κ1) is 17.6. The molecule has 0 heterocycles. The van der Waals surface area contributed by atoms with Crippen molar-refractivity contribution in [3.8, 4) is 11.5 Å². The molecule has 4 rings (SSSR count). The fourth-order valence-electron chi connectivity index (χ4n) is 2.75. The molecule has 0 aliphatic heterocycles. The third-order valence-electron chi connectivity index (χ3n) is 4.10. The van der Waals surface area contributed by atoms with E-state index in [0.717, 1.165) is 22.6 Å². The largest absolute Gasteiger partial charge is 0.465 e. The quantitative estimate of drug-likeness (QED) is 0.228. The van der Waals surface area contributed by atoms with Crippen LogP contribution in [-0.4, -0.2) is 5.90 Å². The highest BCUT2D eigenvalue weighted by molar-refractivity contribution is 5.92. The molecule has 136 valence electrons. The van der Waals surface area contributed by atoms with E-state index >= 15 is 0 Å². The first-order valence-corrected chi connectivity index (χ1v) is 9.05. The van der Waals surface area contributed by atoms with Crippen LogP contribution in [0.4, 0.5) is 5.69 Å². The SMILES string of the molecule is C(=C\C(=N\c1ccccc1)Oc1ccc2ccccc2c1)/Oc1ccccc1. The van der Waals surface area contributed by atoms with E-state index in [1.807, 2.05) is 91.0 Å². The molecule has 0 aliphatic carbocycles. The zero-order valence-corrected chi connectivity index (χ0v) is 15.2. The van der Waals surface area contributed by atoms with Gasteiger partial charge in [0.15, 0.2) is 0 Å². The van der Waals surface area contributed by atoms with Gasteiger partial charge in [-0.15, -0.1) is 0 Å². The van der Waals surface area contributed by atoms with Crippen LogP contribution in [0.25, 0.3) is 10.8 Å². The lowest BCUT2D eigenvalue weighted by Gasteiger charge is -2.07. The van der Waals surface area contributed by atoms with Gasteiger partial charge in [-0.3, -0.25) is 0 Å². The van der Waals surface area contributed by atoms with Crippen molar-refractivity contribution in [2.45, 2.75) is 0 Å². The summed E-state index contributed by atoms with van der Waals surface area (Å²) in [5.74, 6) is 1.92. The van der Waals surface area contributed by atoms with Gasteiger partial charge in [0.25, 0.3) is 0 Å². The van der Waals surface area contributed by atoms with Gasteiger partial charge >= 0.3 is 0 Å². The molecule has 4 aromatic rings. The Kier molecular flexibility index (Phi) is 5.45. The maximum Gasteiger partial charge on any atom is 0.222 e. The Labute approximate surface area is 164 Å². The van der Waals surface area contributed by atoms with Gasteiger partial charge in [-0.05, 0) is 47.2 Å². The van der Waals surface area contributed by atoms with Crippen LogP contribution in [0.5, 0.6) is 11.5 Å². The summed E-state index contributed by atoms with van der Waals surface area (Å²) in [5.41, 5.74) is 0.808. The minimum Gasteiger partial charge on any atom is -0.465 e. The molecule has 3 nitrogen and oxygen atoms in total. The number of rotatable bonds is 5. The van der Waals surface area contributed by atoms with Crippen molar-refractivity contribution < 1.29 is 9.47 Å². The van der Waals surface area contributed by atoms with E-state index in [0.29, 0.717) is 5.90 Å². The Hall–Kier alpha value is -3.85. The molecule has 28 heavy (non-hydrogen) atoms. The van der Waals surface area contributed by atoms with E-state index in [1.165, 1.54) is 5.39 Å². The number of aliphatic imine (C=N–C) groups is 1. The van der Waals surface area contributed by atoms with E-state index in [-0.39, 0.29) is 0 Å². The second-order valence-electron chi connectivity index (χ2n) is 6.13. The highest BCUT2D eigenvalue weighted by atomic mass is 16.5. The van der Waals surface area contributed by atoms with Crippen molar-refractivity contribution in [1.82, 2.24) is 0 Å². The van der Waals surface area contributed by atoms with Crippen LogP contribution in [0.15, 0.2) is 120 Å². The molecule has 0 saturated heterocycles. The average Bonchev–Trinajstić information content (AvgIpc) is 2.75. The number of fused-ring (bicyclic) bond motifs is 1. The van der Waals surface area contributed by atoms with Gasteiger partial charge in [0.05, 0.1) is 11.9 Å². The lowest BCUT2D eigenvalue weighted by atomic mass is 10.1. The molecule has 3 heteroatoms. The van der Waals surface area contributed by atoms with Crippen molar-refractivity contribution in [2.24, 2.45) is 4.99 Å². The van der Waals surface area contributed by atoms with E-state index in [9.17, 15) is 0 Å². The van der Waals surface area contributed by atoms with Crippen LogP contribution in [0.1, 0.15) is 0 Å². The summed E-state index contributed by atoms with van der Waals surface area (Å²) < 4.78 is 11.7. The van der Waals surface area contributed by atoms with E-state index in [1.54, 1.807) is 12.3 Å². The molecule has 0 saturated carbocycles. The first-order valence-electron chi connectivity index (χ1n) is 9.05. The zero-order chi connectivity index (χ0) is 19.0. The van der Waals surface area contributed by atoms with Crippen LogP contribution < -0.4 is 9.47 Å². The first-order chi connectivity index (χ1) is 13.9. The molecule has 0 spiro atoms. The van der Waals surface area contributed by atoms with E-state index in [2.05, 4.69) is 17.1 Å². The molecule has 0 N–H and O–H groups in total. The number of nitrogens with zero attached hydrogens (tertiary/aromatic N) is 1. The smallest absolute Gasteiger partial charge is 0.222 e. The van der Waals surface area contributed by atoms with E-state index < -0.39 is 0 Å². The molecule has 0 radical (unpaired) electrons. The van der Waals surface area contributed by atoms with Crippen LogP contribution in [0, 0.1) is 0 Å². The highest BCUT2D eigenvalue weighted by Crippen LogP contribution is 2.22. The molecule has 0 unspecified atom stereocenters. The van der Waals surface area contributed by atoms with Gasteiger partial charge in [-0.25, -0.2) is 4.99 Å². The summed E-state index contributed by atoms with van der Waals surface area (Å²) >= 11 is 0. The minimum atomic E-state index is 0.442. The van der Waals surface area contributed by atoms with Gasteiger partial charge in [-0.1, -0.05) is 66.7 Å². The predicted octanol–water partition coefficient (Wildman–Crippen LogP) is 6.54. The van der Waals surface area contributed by atoms with Crippen molar-refractivity contribution >= 4 is 22.4 Å². The number of hydrogen-bond acceptors (Lipinski definition) is 3. The second-order valence-corrected chi connectivity index (χ2v) is 6.13. The monoisotopic (exact) mass is 365 g/mol. The zero-order valence-electron chi connectivity index (χ0n) is 15.2.